The number of amides is 2. The van der Waals surface area contributed by atoms with E-state index in [2.05, 4.69) is 31.8 Å². The molecule has 3 rings (SSSR count). The Balaban J connectivity index is 1.55. The lowest BCUT2D eigenvalue weighted by Gasteiger charge is -2.06. The van der Waals surface area contributed by atoms with E-state index in [0.717, 1.165) is 4.47 Å². The fraction of sp³-hybridized carbons (Fsp3) is 0.0476. The highest BCUT2D eigenvalue weighted by molar-refractivity contribution is 9.10. The molecule has 2 heterocycles. The summed E-state index contributed by atoms with van der Waals surface area (Å²) in [6.45, 7) is -0.230. The van der Waals surface area contributed by atoms with Crippen LogP contribution in [0.25, 0.3) is 6.08 Å². The Morgan fingerprint density at radius 3 is 2.81 bits per heavy atom. The summed E-state index contributed by atoms with van der Waals surface area (Å²) in [6.07, 6.45) is 5.55. The van der Waals surface area contributed by atoms with Crippen LogP contribution in [0.1, 0.15) is 21.0 Å². The molecule has 0 aliphatic rings. The summed E-state index contributed by atoms with van der Waals surface area (Å²) in [7, 11) is 0. The number of halogens is 1. The van der Waals surface area contributed by atoms with Crippen molar-refractivity contribution in [3.8, 4) is 5.75 Å². The third-order valence-electron chi connectivity index (χ3n) is 3.66. The molecule has 3 aromatic rings. The average molecular weight is 502 g/mol. The number of carbonyl (C=O) groups excluding carboxylic acids is 3. The lowest BCUT2D eigenvalue weighted by Crippen LogP contribution is -2.34. The number of thiophene rings is 1. The SMILES string of the molecule is O=C(CNC(=O)c1cccs1)N/N=C\c1cc(Br)ccc1OC(=O)/C=C/c1ccco1. The van der Waals surface area contributed by atoms with Crippen LogP contribution in [0.4, 0.5) is 0 Å². The van der Waals surface area contributed by atoms with Crippen LogP contribution in [0.15, 0.2) is 74.2 Å². The van der Waals surface area contributed by atoms with Gasteiger partial charge in [0.15, 0.2) is 0 Å². The van der Waals surface area contributed by atoms with Crippen molar-refractivity contribution in [2.75, 3.05) is 6.54 Å². The molecule has 8 nitrogen and oxygen atoms in total. The molecule has 158 valence electrons. The second-order valence-corrected chi connectivity index (χ2v) is 7.77. The number of esters is 1. The minimum absolute atomic E-state index is 0.230. The second kappa shape index (κ2) is 11.0. The van der Waals surface area contributed by atoms with Gasteiger partial charge in [0.25, 0.3) is 11.8 Å². The maximum absolute atomic E-state index is 12.1. The number of ether oxygens (including phenoxy) is 1. The molecule has 31 heavy (non-hydrogen) atoms. The molecule has 2 N–H and O–H groups in total. The summed E-state index contributed by atoms with van der Waals surface area (Å²) >= 11 is 4.62. The van der Waals surface area contributed by atoms with E-state index in [1.54, 1.807) is 47.8 Å². The highest BCUT2D eigenvalue weighted by atomic mass is 79.9. The van der Waals surface area contributed by atoms with Crippen LogP contribution >= 0.6 is 27.3 Å². The zero-order valence-electron chi connectivity index (χ0n) is 15.9. The smallest absolute Gasteiger partial charge is 0.336 e. The van der Waals surface area contributed by atoms with E-state index in [1.807, 2.05) is 0 Å². The third-order valence-corrected chi connectivity index (χ3v) is 5.02. The summed E-state index contributed by atoms with van der Waals surface area (Å²) < 4.78 is 11.2. The molecule has 0 unspecified atom stereocenters. The van der Waals surface area contributed by atoms with Gasteiger partial charge in [-0.3, -0.25) is 9.59 Å². The largest absolute Gasteiger partial charge is 0.465 e. The first-order valence-electron chi connectivity index (χ1n) is 8.88. The van der Waals surface area contributed by atoms with Crippen LogP contribution in [0.5, 0.6) is 5.75 Å². The Morgan fingerprint density at radius 2 is 2.06 bits per heavy atom. The molecule has 0 fully saturated rings. The molecule has 0 aliphatic heterocycles. The average Bonchev–Trinajstić information content (AvgIpc) is 3.46. The van der Waals surface area contributed by atoms with Gasteiger partial charge in [0, 0.05) is 16.1 Å². The summed E-state index contributed by atoms with van der Waals surface area (Å²) in [5.74, 6) is -0.674. The monoisotopic (exact) mass is 501 g/mol. The Bertz CT molecular complexity index is 1110. The molecule has 2 aromatic heterocycles. The molecule has 0 radical (unpaired) electrons. The van der Waals surface area contributed by atoms with Gasteiger partial charge in [-0.1, -0.05) is 22.0 Å². The van der Waals surface area contributed by atoms with Crippen molar-refractivity contribution in [1.82, 2.24) is 10.7 Å². The molecule has 10 heteroatoms. The highest BCUT2D eigenvalue weighted by Crippen LogP contribution is 2.22. The molecule has 2 amide bonds. The number of benzene rings is 1. The third kappa shape index (κ3) is 7.05. The number of hydrogen-bond acceptors (Lipinski definition) is 7. The van der Waals surface area contributed by atoms with Crippen LogP contribution in [0, 0.1) is 0 Å². The molecule has 0 atom stereocenters. The lowest BCUT2D eigenvalue weighted by molar-refractivity contribution is -0.129. The summed E-state index contributed by atoms with van der Waals surface area (Å²) in [5.41, 5.74) is 2.77. The zero-order chi connectivity index (χ0) is 22.1. The fourth-order valence-corrected chi connectivity index (χ4v) is 3.28. The van der Waals surface area contributed by atoms with Gasteiger partial charge >= 0.3 is 5.97 Å². The minimum Gasteiger partial charge on any atom is -0.465 e. The summed E-state index contributed by atoms with van der Waals surface area (Å²) in [4.78, 5) is 36.3. The standard InChI is InChI=1S/C21H16BrN3O5S/c22-15-5-7-17(30-20(27)8-6-16-3-1-9-29-16)14(11-15)12-24-25-19(26)13-23-21(28)18-4-2-10-31-18/h1-12H,13H2,(H,23,28)(H,25,26)/b8-6+,24-12-. The van der Waals surface area contributed by atoms with E-state index in [-0.39, 0.29) is 18.2 Å². The molecule has 0 bridgehead atoms. The topological polar surface area (TPSA) is 110 Å². The van der Waals surface area contributed by atoms with Crippen LogP contribution in [0.3, 0.4) is 0 Å². The van der Waals surface area contributed by atoms with Crippen molar-refractivity contribution in [3.05, 3.63) is 80.9 Å². The molecular formula is C21H16BrN3O5S. The molecule has 0 saturated heterocycles. The van der Waals surface area contributed by atoms with Crippen molar-refractivity contribution < 1.29 is 23.5 Å². The Kier molecular flexibility index (Phi) is 7.91. The van der Waals surface area contributed by atoms with Crippen molar-refractivity contribution in [1.29, 1.82) is 0 Å². The van der Waals surface area contributed by atoms with Crippen LogP contribution < -0.4 is 15.5 Å². The van der Waals surface area contributed by atoms with Gasteiger partial charge in [-0.2, -0.15) is 5.10 Å². The van der Waals surface area contributed by atoms with Gasteiger partial charge in [-0.05, 0) is 47.9 Å². The van der Waals surface area contributed by atoms with Crippen molar-refractivity contribution in [3.63, 3.8) is 0 Å². The fourth-order valence-electron chi connectivity index (χ4n) is 2.26. The van der Waals surface area contributed by atoms with Gasteiger partial charge in [-0.15, -0.1) is 11.3 Å². The number of hydrogen-bond donors (Lipinski definition) is 2. The van der Waals surface area contributed by atoms with E-state index in [9.17, 15) is 14.4 Å². The number of rotatable bonds is 8. The first-order valence-corrected chi connectivity index (χ1v) is 10.5. The number of hydrazone groups is 1. The highest BCUT2D eigenvalue weighted by Gasteiger charge is 2.09. The summed E-state index contributed by atoms with van der Waals surface area (Å²) in [5, 5.41) is 8.13. The first-order chi connectivity index (χ1) is 15.0. The van der Waals surface area contributed by atoms with E-state index >= 15 is 0 Å². The number of furan rings is 1. The van der Waals surface area contributed by atoms with Crippen molar-refractivity contribution >= 4 is 57.3 Å². The normalized spacial score (nSPS) is 11.0. The van der Waals surface area contributed by atoms with Crippen molar-refractivity contribution in [2.45, 2.75) is 0 Å². The van der Waals surface area contributed by atoms with E-state index in [0.29, 0.717) is 16.2 Å². The van der Waals surface area contributed by atoms with Gasteiger partial charge in [0.2, 0.25) is 0 Å². The van der Waals surface area contributed by atoms with E-state index < -0.39 is 11.9 Å². The quantitative estimate of drug-likeness (QED) is 0.161. The van der Waals surface area contributed by atoms with Crippen LogP contribution in [-0.4, -0.2) is 30.5 Å². The zero-order valence-corrected chi connectivity index (χ0v) is 18.3. The number of nitrogens with zero attached hydrogens (tertiary/aromatic N) is 1. The predicted molar refractivity (Wildman–Crippen MR) is 120 cm³/mol. The van der Waals surface area contributed by atoms with Gasteiger partial charge in [0.05, 0.1) is 23.9 Å². The Morgan fingerprint density at radius 1 is 1.19 bits per heavy atom. The first kappa shape index (κ1) is 22.2. The minimum atomic E-state index is -0.603. The second-order valence-electron chi connectivity index (χ2n) is 5.91. The summed E-state index contributed by atoms with van der Waals surface area (Å²) in [6, 6.07) is 11.8. The molecular weight excluding hydrogens is 486 g/mol. The maximum atomic E-state index is 12.1. The van der Waals surface area contributed by atoms with Gasteiger partial charge < -0.3 is 14.5 Å². The Labute approximate surface area is 189 Å². The van der Waals surface area contributed by atoms with E-state index in [1.165, 1.54) is 36.0 Å². The number of carbonyl (C=O) groups is 3. The van der Waals surface area contributed by atoms with E-state index in [4.69, 9.17) is 9.15 Å². The van der Waals surface area contributed by atoms with Crippen LogP contribution in [-0.2, 0) is 9.59 Å². The predicted octanol–water partition coefficient (Wildman–Crippen LogP) is 3.60. The number of nitrogens with one attached hydrogen (secondary N) is 2. The maximum Gasteiger partial charge on any atom is 0.336 e. The van der Waals surface area contributed by atoms with Gasteiger partial charge in [0.1, 0.15) is 11.5 Å². The molecule has 0 aliphatic carbocycles. The molecule has 0 saturated carbocycles. The molecule has 0 spiro atoms. The molecule has 1 aromatic carbocycles. The lowest BCUT2D eigenvalue weighted by atomic mass is 10.2. The Hall–Kier alpha value is -3.50. The van der Waals surface area contributed by atoms with Crippen LogP contribution in [0.2, 0.25) is 0 Å². The van der Waals surface area contributed by atoms with Gasteiger partial charge in [-0.25, -0.2) is 10.2 Å². The van der Waals surface area contributed by atoms with Crippen molar-refractivity contribution in [2.24, 2.45) is 5.10 Å².